The fraction of sp³-hybridized carbons (Fsp3) is 0. The average molecular weight is 742 g/mol. The summed E-state index contributed by atoms with van der Waals surface area (Å²) in [7, 11) is 0. The van der Waals surface area contributed by atoms with Gasteiger partial charge in [-0.25, -0.2) is 0 Å². The Hall–Kier alpha value is -5.76. The van der Waals surface area contributed by atoms with Gasteiger partial charge in [-0.2, -0.15) is 0 Å². The molecular formula is C50H30SSe. The average Bonchev–Trinajstić information content (AvgIpc) is 3.88. The number of benzene rings is 9. The molecule has 0 unspecified atom stereocenters. The minimum absolute atomic E-state index is 0.174. The van der Waals surface area contributed by atoms with Crippen molar-refractivity contribution in [3.63, 3.8) is 0 Å². The number of hydrogen-bond acceptors (Lipinski definition) is 1. The van der Waals surface area contributed by atoms with Gasteiger partial charge in [-0.3, -0.25) is 0 Å². The van der Waals surface area contributed by atoms with Gasteiger partial charge in [0.1, 0.15) is 0 Å². The third-order valence-corrected chi connectivity index (χ3v) is 14.0. The van der Waals surface area contributed by atoms with Gasteiger partial charge in [0.15, 0.2) is 0 Å². The van der Waals surface area contributed by atoms with E-state index in [0.717, 1.165) is 0 Å². The van der Waals surface area contributed by atoms with Gasteiger partial charge >= 0.3 is 313 Å². The van der Waals surface area contributed by atoms with E-state index in [4.69, 9.17) is 0 Å². The fourth-order valence-corrected chi connectivity index (χ4v) is 11.8. The van der Waals surface area contributed by atoms with Crippen molar-refractivity contribution in [2.45, 2.75) is 0 Å². The summed E-state index contributed by atoms with van der Waals surface area (Å²) in [4.78, 5) is 0. The van der Waals surface area contributed by atoms with E-state index in [1.807, 2.05) is 0 Å². The number of thiophene rings is 1. The zero-order chi connectivity index (χ0) is 34.2. The Morgan fingerprint density at radius 1 is 0.327 bits per heavy atom. The number of fused-ring (bicyclic) bond motifs is 7. The molecule has 0 N–H and O–H groups in total. The molecular weight excluding hydrogens is 712 g/mol. The third-order valence-electron chi connectivity index (χ3n) is 10.8. The van der Waals surface area contributed by atoms with E-state index in [9.17, 15) is 0 Å². The summed E-state index contributed by atoms with van der Waals surface area (Å²) in [5.41, 5.74) is 10.5. The molecule has 2 heteroatoms. The van der Waals surface area contributed by atoms with Crippen LogP contribution in [0.25, 0.3) is 107 Å². The molecule has 11 aromatic rings. The minimum atomic E-state index is 0.174. The fourth-order valence-electron chi connectivity index (χ4n) is 8.64. The molecule has 0 radical (unpaired) electrons. The first-order valence-electron chi connectivity index (χ1n) is 17.7. The van der Waals surface area contributed by atoms with Crippen LogP contribution in [0, 0.1) is 0 Å². The molecule has 0 aliphatic rings. The van der Waals surface area contributed by atoms with Gasteiger partial charge in [0.25, 0.3) is 0 Å². The van der Waals surface area contributed by atoms with Crippen LogP contribution >= 0.6 is 11.3 Å². The molecule has 2 heterocycles. The van der Waals surface area contributed by atoms with Gasteiger partial charge in [-0.1, -0.05) is 0 Å². The molecule has 0 bridgehead atoms. The van der Waals surface area contributed by atoms with Crippen LogP contribution < -0.4 is 0 Å². The van der Waals surface area contributed by atoms with E-state index >= 15 is 0 Å². The van der Waals surface area contributed by atoms with Crippen LogP contribution in [0.1, 0.15) is 0 Å². The van der Waals surface area contributed by atoms with E-state index in [2.05, 4.69) is 181 Å². The van der Waals surface area contributed by atoms with Crippen LogP contribution in [0.2, 0.25) is 0 Å². The summed E-state index contributed by atoms with van der Waals surface area (Å²) in [6, 6.07) is 63.4. The summed E-state index contributed by atoms with van der Waals surface area (Å²) in [6.45, 7) is 0. The predicted octanol–water partition coefficient (Wildman–Crippen LogP) is 14.4. The zero-order valence-electron chi connectivity index (χ0n) is 28.1. The van der Waals surface area contributed by atoms with Crippen molar-refractivity contribution in [1.29, 1.82) is 0 Å². The maximum atomic E-state index is 2.49. The summed E-state index contributed by atoms with van der Waals surface area (Å²) in [6.07, 6.45) is 0. The quantitative estimate of drug-likeness (QED) is 0.124. The van der Waals surface area contributed by atoms with E-state index in [1.54, 1.807) is 11.3 Å². The monoisotopic (exact) mass is 742 g/mol. The van der Waals surface area contributed by atoms with Crippen LogP contribution in [0.3, 0.4) is 0 Å². The van der Waals surface area contributed by atoms with Gasteiger partial charge in [-0.15, -0.1) is 0 Å². The van der Waals surface area contributed by atoms with Crippen molar-refractivity contribution in [3.05, 3.63) is 181 Å². The molecule has 0 amide bonds. The van der Waals surface area contributed by atoms with Gasteiger partial charge in [-0.05, 0) is 0 Å². The molecule has 0 fully saturated rings. The molecule has 9 aromatic carbocycles. The Balaban J connectivity index is 1.19. The van der Waals surface area contributed by atoms with Crippen LogP contribution in [0.5, 0.6) is 0 Å². The Morgan fingerprint density at radius 3 is 1.35 bits per heavy atom. The standard InChI is InChI=1S/C50H30SSe/c1-2-13-31(14-3-1)46-38-19-8-10-21-40(38)49(41-22-11-9-20-39(41)46)43-24-12-23-42-44-29-32(25-26-45(44)52-50(42)43)47-34-15-4-6-17-36(34)48(33-27-28-51-30-33)37-18-7-5-16-35(37)47/h1-30H. The molecule has 52 heavy (non-hydrogen) atoms. The molecule has 0 saturated carbocycles. The van der Waals surface area contributed by atoms with Gasteiger partial charge in [0.2, 0.25) is 0 Å². The van der Waals surface area contributed by atoms with Crippen LogP contribution in [0.15, 0.2) is 181 Å². The van der Waals surface area contributed by atoms with Crippen molar-refractivity contribution >= 4 is 88.2 Å². The first-order chi connectivity index (χ1) is 25.8. The first-order valence-corrected chi connectivity index (χ1v) is 20.4. The molecule has 2 aromatic heterocycles. The second-order valence-corrected chi connectivity index (χ2v) is 16.5. The summed E-state index contributed by atoms with van der Waals surface area (Å²) < 4.78 is 2.93. The van der Waals surface area contributed by atoms with E-state index in [0.29, 0.717) is 0 Å². The topological polar surface area (TPSA) is 0 Å². The number of rotatable bonds is 4. The Morgan fingerprint density at radius 2 is 0.808 bits per heavy atom. The molecule has 242 valence electrons. The molecule has 11 rings (SSSR count). The zero-order valence-corrected chi connectivity index (χ0v) is 30.7. The van der Waals surface area contributed by atoms with E-state index < -0.39 is 0 Å². The number of hydrogen-bond donors (Lipinski definition) is 0. The van der Waals surface area contributed by atoms with Crippen molar-refractivity contribution in [2.75, 3.05) is 0 Å². The van der Waals surface area contributed by atoms with Gasteiger partial charge < -0.3 is 0 Å². The normalized spacial score (nSPS) is 11.8. The van der Waals surface area contributed by atoms with Crippen molar-refractivity contribution in [2.24, 2.45) is 0 Å². The predicted molar refractivity (Wildman–Crippen MR) is 228 cm³/mol. The molecule has 0 nitrogen and oxygen atoms in total. The van der Waals surface area contributed by atoms with Crippen LogP contribution in [-0.4, -0.2) is 14.5 Å². The second-order valence-electron chi connectivity index (χ2n) is 13.6. The molecule has 0 aliphatic carbocycles. The molecule has 0 saturated heterocycles. The second kappa shape index (κ2) is 11.9. The van der Waals surface area contributed by atoms with E-state index in [-0.39, 0.29) is 14.5 Å². The van der Waals surface area contributed by atoms with Gasteiger partial charge in [0, 0.05) is 0 Å². The summed E-state index contributed by atoms with van der Waals surface area (Å²) >= 11 is 1.93. The van der Waals surface area contributed by atoms with Crippen molar-refractivity contribution in [1.82, 2.24) is 0 Å². The SMILES string of the molecule is c1ccc(-c2c3ccccc3c(-c3cccc4c3[se]c3ccc(-c5c6ccccc6c(-c6ccsc6)c6ccccc56)cc34)c3ccccc23)cc1. The van der Waals surface area contributed by atoms with Gasteiger partial charge in [0.05, 0.1) is 0 Å². The Labute approximate surface area is 311 Å². The molecule has 0 spiro atoms. The first kappa shape index (κ1) is 29.9. The van der Waals surface area contributed by atoms with Crippen LogP contribution in [-0.2, 0) is 0 Å². The maximum absolute atomic E-state index is 2.49. The Bertz CT molecular complexity index is 3050. The molecule has 0 atom stereocenters. The summed E-state index contributed by atoms with van der Waals surface area (Å²) in [5.74, 6) is 0. The van der Waals surface area contributed by atoms with E-state index in [1.165, 1.54) is 107 Å². The third kappa shape index (κ3) is 4.46. The Kier molecular flexibility index (Phi) is 6.85. The van der Waals surface area contributed by atoms with Crippen molar-refractivity contribution in [3.8, 4) is 44.5 Å². The molecule has 0 aliphatic heterocycles. The van der Waals surface area contributed by atoms with Crippen molar-refractivity contribution < 1.29 is 0 Å². The van der Waals surface area contributed by atoms with Crippen LogP contribution in [0.4, 0.5) is 0 Å². The summed E-state index contributed by atoms with van der Waals surface area (Å²) in [5, 5.41) is 17.6.